The monoisotopic (exact) mass is 474 g/mol. The molecule has 4 rings (SSSR count). The van der Waals surface area contributed by atoms with Crippen LogP contribution in [-0.2, 0) is 19.2 Å². The van der Waals surface area contributed by atoms with Gasteiger partial charge in [0, 0.05) is 47.1 Å². The largest absolute Gasteiger partial charge is 0.307 e. The van der Waals surface area contributed by atoms with E-state index in [-0.39, 0.29) is 70.7 Å². The molecule has 4 amide bonds. The Labute approximate surface area is 203 Å². The van der Waals surface area contributed by atoms with Gasteiger partial charge in [0.05, 0.1) is 11.8 Å². The fourth-order valence-corrected chi connectivity index (χ4v) is 7.65. The van der Waals surface area contributed by atoms with Crippen LogP contribution in [0.4, 0.5) is 0 Å². The summed E-state index contributed by atoms with van der Waals surface area (Å²) >= 11 is 0. The molecule has 34 heavy (non-hydrogen) atoms. The molecule has 2 atom stereocenters. The molecule has 2 unspecified atom stereocenters. The summed E-state index contributed by atoms with van der Waals surface area (Å²) in [6.07, 6.45) is 2.72. The number of imide groups is 2. The molecule has 8 heteroatoms. The molecule has 4 aliphatic heterocycles. The highest BCUT2D eigenvalue weighted by atomic mass is 16.2. The van der Waals surface area contributed by atoms with E-state index in [1.54, 1.807) is 0 Å². The lowest BCUT2D eigenvalue weighted by Crippen LogP contribution is -2.63. The molecule has 4 aliphatic rings. The number of nitrogens with one attached hydrogen (secondary N) is 2. The zero-order valence-electron chi connectivity index (χ0n) is 22.1. The topological polar surface area (TPSA) is 98.8 Å². The maximum Gasteiger partial charge on any atom is 0.233 e. The first-order valence-electron chi connectivity index (χ1n) is 12.7. The first kappa shape index (κ1) is 25.3. The molecule has 0 saturated carbocycles. The van der Waals surface area contributed by atoms with Gasteiger partial charge in [-0.3, -0.25) is 29.0 Å². The van der Waals surface area contributed by atoms with Crippen molar-refractivity contribution in [1.29, 1.82) is 0 Å². The van der Waals surface area contributed by atoms with Gasteiger partial charge in [-0.05, 0) is 81.1 Å². The summed E-state index contributed by atoms with van der Waals surface area (Å²) < 4.78 is 0. The van der Waals surface area contributed by atoms with Gasteiger partial charge in [-0.1, -0.05) is 0 Å². The Balaban J connectivity index is 1.53. The molecular formula is C26H42N4O4. The molecular weight excluding hydrogens is 432 g/mol. The Morgan fingerprint density at radius 2 is 0.824 bits per heavy atom. The highest BCUT2D eigenvalue weighted by Gasteiger charge is 2.56. The molecule has 0 aromatic heterocycles. The van der Waals surface area contributed by atoms with Crippen molar-refractivity contribution in [3.63, 3.8) is 0 Å². The molecule has 0 bridgehead atoms. The van der Waals surface area contributed by atoms with E-state index in [1.807, 2.05) is 0 Å². The second-order valence-electron chi connectivity index (χ2n) is 13.7. The normalized spacial score (nSPS) is 33.8. The summed E-state index contributed by atoms with van der Waals surface area (Å²) in [5.74, 6) is -2.45. The second kappa shape index (κ2) is 7.85. The Hall–Kier alpha value is -1.80. The molecule has 0 aromatic carbocycles. The highest BCUT2D eigenvalue weighted by molar-refractivity contribution is 6.10. The first-order valence-corrected chi connectivity index (χ1v) is 12.7. The Morgan fingerprint density at radius 3 is 1.09 bits per heavy atom. The van der Waals surface area contributed by atoms with E-state index < -0.39 is 11.8 Å². The lowest BCUT2D eigenvalue weighted by Gasteiger charge is -2.48. The lowest BCUT2D eigenvalue weighted by atomic mass is 9.79. The standard InChI is InChI=1S/C26H42N4O4/c1-23(2)11-15(12-24(3,4)27-23)29-19(31)9-17(21(29)33)18-10-20(32)30(22(18)34)16-13-25(5,6)28-26(7,8)14-16/h15-18,27-28H,9-14H2,1-8H3. The number of rotatable bonds is 3. The van der Waals surface area contributed by atoms with E-state index in [0.717, 1.165) is 0 Å². The molecule has 8 nitrogen and oxygen atoms in total. The summed E-state index contributed by atoms with van der Waals surface area (Å²) in [4.78, 5) is 56.1. The molecule has 0 aromatic rings. The summed E-state index contributed by atoms with van der Waals surface area (Å²) in [6, 6.07) is -0.406. The van der Waals surface area contributed by atoms with E-state index in [4.69, 9.17) is 0 Å². The number of hydrogen-bond donors (Lipinski definition) is 2. The van der Waals surface area contributed by atoms with Crippen molar-refractivity contribution in [3.05, 3.63) is 0 Å². The molecule has 2 N–H and O–H groups in total. The fourth-order valence-electron chi connectivity index (χ4n) is 7.65. The van der Waals surface area contributed by atoms with E-state index in [1.165, 1.54) is 9.80 Å². The van der Waals surface area contributed by atoms with Crippen molar-refractivity contribution < 1.29 is 19.2 Å². The van der Waals surface area contributed by atoms with Crippen LogP contribution in [0.25, 0.3) is 0 Å². The third-order valence-corrected chi connectivity index (χ3v) is 7.99. The lowest BCUT2D eigenvalue weighted by molar-refractivity contribution is -0.149. The number of carbonyl (C=O) groups is 4. The number of likely N-dealkylation sites (tertiary alicyclic amines) is 2. The Kier molecular flexibility index (Phi) is 5.84. The van der Waals surface area contributed by atoms with Gasteiger partial charge in [0.25, 0.3) is 0 Å². The van der Waals surface area contributed by atoms with Gasteiger partial charge < -0.3 is 10.6 Å². The fraction of sp³-hybridized carbons (Fsp3) is 0.846. The van der Waals surface area contributed by atoms with E-state index in [0.29, 0.717) is 25.7 Å². The van der Waals surface area contributed by atoms with Crippen LogP contribution in [0.1, 0.15) is 93.9 Å². The molecule has 4 heterocycles. The number of carbonyl (C=O) groups excluding carboxylic acids is 4. The minimum Gasteiger partial charge on any atom is -0.307 e. The predicted octanol–water partition coefficient (Wildman–Crippen LogP) is 2.36. The Morgan fingerprint density at radius 1 is 0.559 bits per heavy atom. The second-order valence-corrected chi connectivity index (χ2v) is 13.7. The van der Waals surface area contributed by atoms with E-state index in [2.05, 4.69) is 66.0 Å². The molecule has 0 spiro atoms. The van der Waals surface area contributed by atoms with Gasteiger partial charge in [0.1, 0.15) is 0 Å². The van der Waals surface area contributed by atoms with Crippen LogP contribution in [0.15, 0.2) is 0 Å². The maximum atomic E-state index is 13.6. The zero-order valence-corrected chi connectivity index (χ0v) is 22.1. The van der Waals surface area contributed by atoms with Gasteiger partial charge in [-0.2, -0.15) is 0 Å². The average molecular weight is 475 g/mol. The SMILES string of the molecule is CC1(C)CC(N2C(=O)CC(C3CC(=O)N(C4CC(C)(C)NC(C)(C)C4)C3=O)C2=O)CC(C)(C)N1. The van der Waals surface area contributed by atoms with Crippen molar-refractivity contribution in [2.24, 2.45) is 11.8 Å². The van der Waals surface area contributed by atoms with Crippen LogP contribution >= 0.6 is 0 Å². The molecule has 0 aliphatic carbocycles. The number of hydrogen-bond acceptors (Lipinski definition) is 6. The third kappa shape index (κ3) is 4.68. The van der Waals surface area contributed by atoms with E-state index in [9.17, 15) is 19.2 Å². The average Bonchev–Trinajstić information content (AvgIpc) is 3.04. The Bertz CT molecular complexity index is 816. The van der Waals surface area contributed by atoms with Crippen molar-refractivity contribution in [3.8, 4) is 0 Å². The number of piperidine rings is 2. The zero-order chi connectivity index (χ0) is 25.4. The van der Waals surface area contributed by atoms with Gasteiger partial charge in [0.15, 0.2) is 0 Å². The minimum absolute atomic E-state index is 0.0182. The van der Waals surface area contributed by atoms with Crippen LogP contribution in [0.2, 0.25) is 0 Å². The van der Waals surface area contributed by atoms with Crippen molar-refractivity contribution in [2.45, 2.75) is 128 Å². The maximum absolute atomic E-state index is 13.6. The van der Waals surface area contributed by atoms with Crippen LogP contribution in [0.3, 0.4) is 0 Å². The molecule has 190 valence electrons. The van der Waals surface area contributed by atoms with Crippen LogP contribution in [0, 0.1) is 11.8 Å². The van der Waals surface area contributed by atoms with Crippen LogP contribution in [-0.4, -0.2) is 67.7 Å². The predicted molar refractivity (Wildman–Crippen MR) is 129 cm³/mol. The summed E-state index contributed by atoms with van der Waals surface area (Å²) in [5, 5.41) is 7.18. The summed E-state index contributed by atoms with van der Waals surface area (Å²) in [7, 11) is 0. The quantitative estimate of drug-likeness (QED) is 0.610. The number of nitrogens with zero attached hydrogens (tertiary/aromatic N) is 2. The smallest absolute Gasteiger partial charge is 0.233 e. The summed E-state index contributed by atoms with van der Waals surface area (Å²) in [6.45, 7) is 16.7. The van der Waals surface area contributed by atoms with Crippen molar-refractivity contribution in [1.82, 2.24) is 20.4 Å². The van der Waals surface area contributed by atoms with Gasteiger partial charge >= 0.3 is 0 Å². The molecule has 0 radical (unpaired) electrons. The highest BCUT2D eigenvalue weighted by Crippen LogP contribution is 2.42. The molecule has 4 fully saturated rings. The van der Waals surface area contributed by atoms with Crippen LogP contribution in [0.5, 0.6) is 0 Å². The molecule has 4 saturated heterocycles. The minimum atomic E-state index is -0.738. The summed E-state index contributed by atoms with van der Waals surface area (Å²) in [5.41, 5.74) is -0.851. The van der Waals surface area contributed by atoms with Crippen molar-refractivity contribution in [2.75, 3.05) is 0 Å². The third-order valence-electron chi connectivity index (χ3n) is 7.99. The first-order chi connectivity index (χ1) is 15.4. The van der Waals surface area contributed by atoms with Gasteiger partial charge in [-0.15, -0.1) is 0 Å². The van der Waals surface area contributed by atoms with Crippen LogP contribution < -0.4 is 10.6 Å². The number of amides is 4. The van der Waals surface area contributed by atoms with Crippen molar-refractivity contribution >= 4 is 23.6 Å². The van der Waals surface area contributed by atoms with Gasteiger partial charge in [0.2, 0.25) is 23.6 Å². The van der Waals surface area contributed by atoms with Gasteiger partial charge in [-0.25, -0.2) is 0 Å². The van der Waals surface area contributed by atoms with E-state index >= 15 is 0 Å².